The smallest absolute Gasteiger partial charge is 0.322 e. The third-order valence-corrected chi connectivity index (χ3v) is 6.24. The number of hydrogen-bond donors (Lipinski definition) is 1. The van der Waals surface area contributed by atoms with Gasteiger partial charge in [-0.3, -0.25) is 0 Å². The van der Waals surface area contributed by atoms with Gasteiger partial charge in [0.05, 0.1) is 11.6 Å². The van der Waals surface area contributed by atoms with Crippen LogP contribution in [0.5, 0.6) is 0 Å². The van der Waals surface area contributed by atoms with E-state index in [1.54, 1.807) is 41.3 Å². The summed E-state index contributed by atoms with van der Waals surface area (Å²) in [6, 6.07) is 22.8. The average molecular weight is 467 g/mol. The second kappa shape index (κ2) is 9.39. The Bertz CT molecular complexity index is 1410. The highest BCUT2D eigenvalue weighted by Gasteiger charge is 2.29. The van der Waals surface area contributed by atoms with Crippen molar-refractivity contribution in [2.45, 2.75) is 13.0 Å². The molecule has 174 valence electrons. The third-order valence-electron chi connectivity index (χ3n) is 6.24. The van der Waals surface area contributed by atoms with E-state index in [0.29, 0.717) is 36.6 Å². The van der Waals surface area contributed by atoms with Crippen molar-refractivity contribution < 1.29 is 9.18 Å². The molecule has 7 nitrogen and oxygen atoms in total. The summed E-state index contributed by atoms with van der Waals surface area (Å²) < 4.78 is 13.4. The first-order chi connectivity index (χ1) is 17.0. The molecule has 1 aromatic heterocycles. The molecular formula is C27H23FN6O. The quantitative estimate of drug-likeness (QED) is 0.457. The number of piperazine rings is 1. The van der Waals surface area contributed by atoms with Crippen molar-refractivity contribution in [2.75, 3.05) is 29.9 Å². The fourth-order valence-electron chi connectivity index (χ4n) is 4.42. The lowest BCUT2D eigenvalue weighted by molar-refractivity contribution is 0.184. The predicted octanol–water partition coefficient (Wildman–Crippen LogP) is 5.05. The van der Waals surface area contributed by atoms with Crippen LogP contribution in [-0.2, 0) is 0 Å². The summed E-state index contributed by atoms with van der Waals surface area (Å²) in [4.78, 5) is 16.8. The molecule has 0 spiro atoms. The summed E-state index contributed by atoms with van der Waals surface area (Å²) >= 11 is 0. The highest BCUT2D eigenvalue weighted by molar-refractivity contribution is 6.00. The maximum atomic E-state index is 13.4. The van der Waals surface area contributed by atoms with Crippen LogP contribution in [0.2, 0.25) is 0 Å². The van der Waals surface area contributed by atoms with Crippen LogP contribution in [0.4, 0.5) is 20.7 Å². The van der Waals surface area contributed by atoms with Gasteiger partial charge in [-0.05, 0) is 55.5 Å². The fraction of sp³-hybridized carbons (Fsp3) is 0.185. The molecule has 0 radical (unpaired) electrons. The first kappa shape index (κ1) is 22.3. The summed E-state index contributed by atoms with van der Waals surface area (Å²) in [5.74, 6) is 0.475. The molecule has 1 fully saturated rings. The molecule has 1 atom stereocenters. The Hall–Kier alpha value is -4.51. The number of nitriles is 1. The Kier molecular flexibility index (Phi) is 5.98. The Balaban J connectivity index is 1.35. The van der Waals surface area contributed by atoms with E-state index in [4.69, 9.17) is 5.26 Å². The number of anilines is 2. The number of benzene rings is 3. The van der Waals surface area contributed by atoms with Gasteiger partial charge in [-0.25, -0.2) is 9.18 Å². The number of aromatic nitrogens is 2. The number of fused-ring (bicyclic) bond motifs is 1. The first-order valence-electron chi connectivity index (χ1n) is 11.4. The van der Waals surface area contributed by atoms with E-state index in [0.717, 1.165) is 22.2 Å². The molecule has 5 rings (SSSR count). The van der Waals surface area contributed by atoms with E-state index in [9.17, 15) is 9.18 Å². The molecule has 0 saturated carbocycles. The monoisotopic (exact) mass is 466 g/mol. The zero-order valence-electron chi connectivity index (χ0n) is 19.1. The molecule has 1 aliphatic heterocycles. The van der Waals surface area contributed by atoms with Crippen LogP contribution in [-0.4, -0.2) is 46.8 Å². The lowest BCUT2D eigenvalue weighted by atomic mass is 10.0. The molecule has 8 heteroatoms. The van der Waals surface area contributed by atoms with E-state index >= 15 is 0 Å². The van der Waals surface area contributed by atoms with E-state index in [1.807, 2.05) is 31.2 Å². The number of nitrogens with one attached hydrogen (secondary N) is 1. The first-order valence-corrected chi connectivity index (χ1v) is 11.4. The fourth-order valence-corrected chi connectivity index (χ4v) is 4.42. The molecule has 1 unspecified atom stereocenters. The lowest BCUT2D eigenvalue weighted by Gasteiger charge is -2.40. The number of hydrogen-bond acceptors (Lipinski definition) is 5. The molecule has 1 N–H and O–H groups in total. The van der Waals surface area contributed by atoms with E-state index < -0.39 is 0 Å². The molecular weight excluding hydrogens is 443 g/mol. The lowest BCUT2D eigenvalue weighted by Crippen LogP contribution is -2.55. The van der Waals surface area contributed by atoms with Gasteiger partial charge in [0.25, 0.3) is 0 Å². The molecule has 0 aliphatic carbocycles. The largest absolute Gasteiger partial charge is 0.351 e. The van der Waals surface area contributed by atoms with E-state index in [1.165, 1.54) is 12.1 Å². The molecule has 4 aromatic rings. The van der Waals surface area contributed by atoms with Gasteiger partial charge in [-0.2, -0.15) is 5.26 Å². The SMILES string of the molecule is CC1CN(c2nnc(-c3ccc(F)cc3)c3ccccc23)CCN1C(=O)Nc1ccc(C#N)cc1. The maximum Gasteiger partial charge on any atom is 0.322 e. The zero-order chi connectivity index (χ0) is 24.4. The van der Waals surface area contributed by atoms with Crippen LogP contribution in [0.15, 0.2) is 72.8 Å². The highest BCUT2D eigenvalue weighted by Crippen LogP contribution is 2.32. The van der Waals surface area contributed by atoms with Gasteiger partial charge in [0.1, 0.15) is 11.5 Å². The van der Waals surface area contributed by atoms with Gasteiger partial charge in [0, 0.05) is 47.7 Å². The van der Waals surface area contributed by atoms with Crippen molar-refractivity contribution in [2.24, 2.45) is 0 Å². The number of carbonyl (C=O) groups is 1. The maximum absolute atomic E-state index is 13.4. The number of rotatable bonds is 3. The second-order valence-electron chi connectivity index (χ2n) is 8.53. The summed E-state index contributed by atoms with van der Waals surface area (Å²) in [6.07, 6.45) is 0. The van der Waals surface area contributed by atoms with Crippen molar-refractivity contribution >= 4 is 28.3 Å². The topological polar surface area (TPSA) is 85.2 Å². The second-order valence-corrected chi connectivity index (χ2v) is 8.53. The Morgan fingerprint density at radius 3 is 2.40 bits per heavy atom. The number of urea groups is 1. The Morgan fingerprint density at radius 2 is 1.71 bits per heavy atom. The van der Waals surface area contributed by atoms with Crippen LogP contribution in [0.3, 0.4) is 0 Å². The normalized spacial score (nSPS) is 15.6. The van der Waals surface area contributed by atoms with Crippen molar-refractivity contribution in [3.05, 3.63) is 84.2 Å². The zero-order valence-corrected chi connectivity index (χ0v) is 19.1. The van der Waals surface area contributed by atoms with Crippen LogP contribution in [0.1, 0.15) is 12.5 Å². The minimum Gasteiger partial charge on any atom is -0.351 e. The molecule has 2 amide bonds. The Morgan fingerprint density at radius 1 is 1.00 bits per heavy atom. The molecule has 0 bridgehead atoms. The number of carbonyl (C=O) groups excluding carboxylic acids is 1. The van der Waals surface area contributed by atoms with Gasteiger partial charge < -0.3 is 15.1 Å². The molecule has 3 aromatic carbocycles. The Labute approximate surface area is 202 Å². The number of nitrogens with zero attached hydrogens (tertiary/aromatic N) is 5. The van der Waals surface area contributed by atoms with Crippen molar-refractivity contribution in [1.29, 1.82) is 5.26 Å². The van der Waals surface area contributed by atoms with Gasteiger partial charge in [0.2, 0.25) is 0 Å². The van der Waals surface area contributed by atoms with E-state index in [2.05, 4.69) is 26.5 Å². The van der Waals surface area contributed by atoms with Gasteiger partial charge in [0.15, 0.2) is 5.82 Å². The van der Waals surface area contributed by atoms with Crippen LogP contribution < -0.4 is 10.2 Å². The molecule has 1 saturated heterocycles. The van der Waals surface area contributed by atoms with Gasteiger partial charge in [-0.15, -0.1) is 10.2 Å². The predicted molar refractivity (Wildman–Crippen MR) is 133 cm³/mol. The van der Waals surface area contributed by atoms with Gasteiger partial charge in [-0.1, -0.05) is 24.3 Å². The van der Waals surface area contributed by atoms with Crippen LogP contribution in [0, 0.1) is 17.1 Å². The summed E-state index contributed by atoms with van der Waals surface area (Å²) in [6.45, 7) is 3.75. The summed E-state index contributed by atoms with van der Waals surface area (Å²) in [7, 11) is 0. The van der Waals surface area contributed by atoms with E-state index in [-0.39, 0.29) is 17.9 Å². The number of amides is 2. The summed E-state index contributed by atoms with van der Waals surface area (Å²) in [5.41, 5.74) is 2.71. The highest BCUT2D eigenvalue weighted by atomic mass is 19.1. The molecule has 1 aliphatic rings. The van der Waals surface area contributed by atoms with Crippen LogP contribution in [0.25, 0.3) is 22.0 Å². The minimum atomic E-state index is -0.294. The number of halogens is 1. The summed E-state index contributed by atoms with van der Waals surface area (Å²) in [5, 5.41) is 22.8. The van der Waals surface area contributed by atoms with Crippen molar-refractivity contribution in [1.82, 2.24) is 15.1 Å². The minimum absolute atomic E-state index is 0.0560. The third kappa shape index (κ3) is 4.49. The van der Waals surface area contributed by atoms with Crippen molar-refractivity contribution in [3.8, 4) is 17.3 Å². The van der Waals surface area contributed by atoms with Crippen LogP contribution >= 0.6 is 0 Å². The average Bonchev–Trinajstić information content (AvgIpc) is 2.89. The van der Waals surface area contributed by atoms with Crippen molar-refractivity contribution in [3.63, 3.8) is 0 Å². The van der Waals surface area contributed by atoms with Gasteiger partial charge >= 0.3 is 6.03 Å². The molecule has 35 heavy (non-hydrogen) atoms. The standard InChI is InChI=1S/C27H23FN6O/c1-18-17-33(14-15-34(18)27(35)30-22-12-6-19(16-29)7-13-22)26-24-5-3-2-4-23(24)25(31-32-26)20-8-10-21(28)11-9-20/h2-13,18H,14-15,17H2,1H3,(H,30,35). The molecule has 2 heterocycles.